The van der Waals surface area contributed by atoms with Gasteiger partial charge in [0.05, 0.1) is 28.6 Å². The topological polar surface area (TPSA) is 90.5 Å². The average Bonchev–Trinajstić information content (AvgIpc) is 3.03. The van der Waals surface area contributed by atoms with Gasteiger partial charge in [0.1, 0.15) is 5.60 Å². The highest BCUT2D eigenvalue weighted by atomic mass is 16.6. The number of carbonyl (C=O) groups excluding carboxylic acids is 1. The van der Waals surface area contributed by atoms with E-state index >= 15 is 0 Å². The van der Waals surface area contributed by atoms with Crippen molar-refractivity contribution >= 4 is 11.9 Å². The molecule has 1 aromatic heterocycles. The van der Waals surface area contributed by atoms with E-state index in [1.165, 1.54) is 16.9 Å². The summed E-state index contributed by atoms with van der Waals surface area (Å²) < 4.78 is 6.87. The Morgan fingerprint density at radius 1 is 1.15 bits per heavy atom. The van der Waals surface area contributed by atoms with E-state index in [0.29, 0.717) is 5.69 Å². The van der Waals surface area contributed by atoms with Gasteiger partial charge in [0.25, 0.3) is 0 Å². The predicted octanol–water partition coefficient (Wildman–Crippen LogP) is 3.88. The summed E-state index contributed by atoms with van der Waals surface area (Å²) in [5, 5.41) is 14.7. The van der Waals surface area contributed by atoms with Gasteiger partial charge in [0.2, 0.25) is 0 Å². The van der Waals surface area contributed by atoms with Crippen molar-refractivity contribution in [1.82, 2.24) is 14.7 Å². The van der Waals surface area contributed by atoms with Crippen molar-refractivity contribution in [3.05, 3.63) is 52.2 Å². The second-order valence-electron chi connectivity index (χ2n) is 7.52. The van der Waals surface area contributed by atoms with Crippen LogP contribution in [0.3, 0.4) is 0 Å². The van der Waals surface area contributed by atoms with E-state index in [1.807, 2.05) is 46.8 Å². The number of benzene rings is 1. The van der Waals surface area contributed by atoms with Crippen molar-refractivity contribution in [2.75, 3.05) is 7.05 Å². The van der Waals surface area contributed by atoms with Gasteiger partial charge in [-0.25, -0.2) is 4.79 Å². The first kappa shape index (κ1) is 19.4. The van der Waals surface area contributed by atoms with Crippen LogP contribution in [0.4, 0.5) is 10.6 Å². The molecule has 0 unspecified atom stereocenters. The van der Waals surface area contributed by atoms with Crippen LogP contribution in [-0.2, 0) is 10.3 Å². The fraction of sp³-hybridized carbons (Fsp3) is 0.444. The second kappa shape index (κ2) is 6.78. The smallest absolute Gasteiger partial charge is 0.410 e. The van der Waals surface area contributed by atoms with E-state index in [0.717, 1.165) is 5.56 Å². The number of hydrogen-bond acceptors (Lipinski definition) is 5. The van der Waals surface area contributed by atoms with Gasteiger partial charge in [0.15, 0.2) is 0 Å². The minimum atomic E-state index is -0.600. The maximum Gasteiger partial charge on any atom is 0.410 e. The van der Waals surface area contributed by atoms with Gasteiger partial charge in [-0.15, -0.1) is 4.68 Å². The molecule has 1 aromatic carbocycles. The van der Waals surface area contributed by atoms with Crippen LogP contribution in [0.15, 0.2) is 36.5 Å². The van der Waals surface area contributed by atoms with E-state index in [1.54, 1.807) is 24.1 Å². The lowest BCUT2D eigenvalue weighted by Crippen LogP contribution is -2.45. The van der Waals surface area contributed by atoms with Crippen LogP contribution < -0.4 is 0 Å². The summed E-state index contributed by atoms with van der Waals surface area (Å²) in [5.41, 5.74) is 0.422. The minimum absolute atomic E-state index is 0.209. The molecule has 0 aliphatic carbocycles. The molecule has 0 aliphatic rings. The summed E-state index contributed by atoms with van der Waals surface area (Å²) in [4.78, 5) is 24.1. The second-order valence-corrected chi connectivity index (χ2v) is 7.52. The Kier molecular flexibility index (Phi) is 5.06. The van der Waals surface area contributed by atoms with Crippen LogP contribution in [-0.4, -0.2) is 38.3 Å². The first-order valence-corrected chi connectivity index (χ1v) is 8.19. The molecule has 26 heavy (non-hydrogen) atoms. The molecule has 140 valence electrons. The van der Waals surface area contributed by atoms with E-state index in [2.05, 4.69) is 5.10 Å². The van der Waals surface area contributed by atoms with E-state index in [-0.39, 0.29) is 5.82 Å². The fourth-order valence-electron chi connectivity index (χ4n) is 2.33. The van der Waals surface area contributed by atoms with Gasteiger partial charge in [0, 0.05) is 7.05 Å². The van der Waals surface area contributed by atoms with Crippen LogP contribution in [0.5, 0.6) is 0 Å². The van der Waals surface area contributed by atoms with Gasteiger partial charge < -0.3 is 19.8 Å². The predicted molar refractivity (Wildman–Crippen MR) is 97.2 cm³/mol. The molecule has 1 heterocycles. The molecule has 0 saturated heterocycles. The maximum absolute atomic E-state index is 12.4. The zero-order valence-electron chi connectivity index (χ0n) is 15.9. The van der Waals surface area contributed by atoms with Gasteiger partial charge in [-0.2, -0.15) is 0 Å². The summed E-state index contributed by atoms with van der Waals surface area (Å²) in [6.45, 7) is 9.31. The highest BCUT2D eigenvalue weighted by Gasteiger charge is 2.32. The number of amides is 1. The van der Waals surface area contributed by atoms with Crippen molar-refractivity contribution in [2.45, 2.75) is 45.8 Å². The SMILES string of the molecule is CN(C(=O)OC(C)(C)C)C(C)(C)c1ccc(-n2ccc([N+](=O)[O-])n2)cc1. The molecular weight excluding hydrogens is 336 g/mol. The van der Waals surface area contributed by atoms with E-state index in [4.69, 9.17) is 4.74 Å². The first-order chi connectivity index (χ1) is 11.9. The monoisotopic (exact) mass is 360 g/mol. The molecule has 0 spiro atoms. The van der Waals surface area contributed by atoms with Crippen molar-refractivity contribution in [1.29, 1.82) is 0 Å². The average molecular weight is 360 g/mol. The highest BCUT2D eigenvalue weighted by molar-refractivity contribution is 5.69. The Bertz CT molecular complexity index is 803. The lowest BCUT2D eigenvalue weighted by Gasteiger charge is -2.37. The number of hydrogen-bond donors (Lipinski definition) is 0. The standard InChI is InChI=1S/C18H24N4O4/c1-17(2,3)26-16(23)20(6)18(4,5)13-7-9-14(10-8-13)21-12-11-15(19-21)22(24)25/h7-12H,1-6H3. The van der Waals surface area contributed by atoms with Crippen LogP contribution >= 0.6 is 0 Å². The van der Waals surface area contributed by atoms with E-state index in [9.17, 15) is 14.9 Å². The number of carbonyl (C=O) groups is 1. The molecule has 8 heteroatoms. The Balaban J connectivity index is 2.22. The fourth-order valence-corrected chi connectivity index (χ4v) is 2.33. The zero-order valence-corrected chi connectivity index (χ0v) is 15.9. The summed E-state index contributed by atoms with van der Waals surface area (Å²) in [6, 6.07) is 8.68. The summed E-state index contributed by atoms with van der Waals surface area (Å²) in [7, 11) is 1.69. The van der Waals surface area contributed by atoms with Crippen LogP contribution in [0, 0.1) is 10.1 Å². The third-order valence-electron chi connectivity index (χ3n) is 4.11. The molecule has 0 bridgehead atoms. The molecular formula is C18H24N4O4. The maximum atomic E-state index is 12.4. The van der Waals surface area contributed by atoms with Crippen molar-refractivity contribution in [3.8, 4) is 5.69 Å². The van der Waals surface area contributed by atoms with Gasteiger partial charge in [-0.05, 0) is 57.2 Å². The lowest BCUT2D eigenvalue weighted by molar-refractivity contribution is -0.389. The number of aromatic nitrogens is 2. The molecule has 0 radical (unpaired) electrons. The molecule has 8 nitrogen and oxygen atoms in total. The lowest BCUT2D eigenvalue weighted by atomic mass is 9.93. The highest BCUT2D eigenvalue weighted by Crippen LogP contribution is 2.29. The first-order valence-electron chi connectivity index (χ1n) is 8.19. The third-order valence-corrected chi connectivity index (χ3v) is 4.11. The Hall–Kier alpha value is -2.90. The molecule has 0 saturated carbocycles. The zero-order chi connectivity index (χ0) is 19.7. The molecule has 0 atom stereocenters. The van der Waals surface area contributed by atoms with Crippen LogP contribution in [0.2, 0.25) is 0 Å². The molecule has 1 amide bonds. The minimum Gasteiger partial charge on any atom is -0.444 e. The molecule has 0 fully saturated rings. The third kappa shape index (κ3) is 4.19. The Labute approximate surface area is 152 Å². The van der Waals surface area contributed by atoms with Gasteiger partial charge in [-0.3, -0.25) is 0 Å². The summed E-state index contributed by atoms with van der Waals surface area (Å²) >= 11 is 0. The number of ether oxygens (including phenoxy) is 1. The number of nitrogens with zero attached hydrogens (tertiary/aromatic N) is 4. The van der Waals surface area contributed by atoms with Crippen molar-refractivity contribution < 1.29 is 14.5 Å². The van der Waals surface area contributed by atoms with Gasteiger partial charge in [-0.1, -0.05) is 12.1 Å². The number of rotatable bonds is 4. The molecule has 2 rings (SSSR count). The van der Waals surface area contributed by atoms with Crippen molar-refractivity contribution in [3.63, 3.8) is 0 Å². The molecule has 2 aromatic rings. The summed E-state index contributed by atoms with van der Waals surface area (Å²) in [6.07, 6.45) is 1.12. The largest absolute Gasteiger partial charge is 0.444 e. The molecule has 0 N–H and O–H groups in total. The number of nitro groups is 1. The quantitative estimate of drug-likeness (QED) is 0.609. The summed E-state index contributed by atoms with van der Waals surface area (Å²) in [5.74, 6) is -0.209. The van der Waals surface area contributed by atoms with Crippen molar-refractivity contribution in [2.24, 2.45) is 0 Å². The van der Waals surface area contributed by atoms with Crippen LogP contribution in [0.25, 0.3) is 5.69 Å². The Morgan fingerprint density at radius 3 is 2.19 bits per heavy atom. The normalized spacial score (nSPS) is 11.9. The molecule has 0 aliphatic heterocycles. The Morgan fingerprint density at radius 2 is 1.73 bits per heavy atom. The van der Waals surface area contributed by atoms with Gasteiger partial charge >= 0.3 is 11.9 Å². The van der Waals surface area contributed by atoms with Crippen LogP contribution in [0.1, 0.15) is 40.2 Å². The van der Waals surface area contributed by atoms with E-state index < -0.39 is 22.2 Å².